The number of rotatable bonds is 4. The van der Waals surface area contributed by atoms with Crippen LogP contribution in [-0.2, 0) is 0 Å². The van der Waals surface area contributed by atoms with Gasteiger partial charge in [-0.25, -0.2) is 0 Å². The number of allylic oxidation sites excluding steroid dienone is 2. The fourth-order valence-corrected chi connectivity index (χ4v) is 0.861. The normalized spacial score (nSPS) is 11.6. The van der Waals surface area contributed by atoms with Crippen LogP contribution in [0.15, 0.2) is 11.6 Å². The Labute approximate surface area is 70.8 Å². The van der Waals surface area contributed by atoms with Gasteiger partial charge in [0.1, 0.15) is 0 Å². The number of hydrogen-bond donors (Lipinski definition) is 0. The van der Waals surface area contributed by atoms with E-state index in [0.717, 1.165) is 5.92 Å². The van der Waals surface area contributed by atoms with Gasteiger partial charge >= 0.3 is 0 Å². The lowest BCUT2D eigenvalue weighted by atomic mass is 10.0. The van der Waals surface area contributed by atoms with Crippen LogP contribution in [0.1, 0.15) is 47.0 Å². The number of hydrogen-bond acceptors (Lipinski definition) is 0. The van der Waals surface area contributed by atoms with E-state index >= 15 is 0 Å². The highest BCUT2D eigenvalue weighted by molar-refractivity contribution is 4.92. The SMILES string of the molecule is CCC(C)CCC=C(C)C.O. The predicted molar refractivity (Wildman–Crippen MR) is 51.7 cm³/mol. The van der Waals surface area contributed by atoms with Crippen molar-refractivity contribution in [2.24, 2.45) is 5.92 Å². The fraction of sp³-hybridized carbons (Fsp3) is 0.800. The molecule has 0 heterocycles. The summed E-state index contributed by atoms with van der Waals surface area (Å²) in [6, 6.07) is 0. The first kappa shape index (κ1) is 13.3. The smallest absolute Gasteiger partial charge is 0.0346 e. The molecule has 0 bridgehead atoms. The summed E-state index contributed by atoms with van der Waals surface area (Å²) in [6.07, 6.45) is 6.25. The van der Waals surface area contributed by atoms with Crippen molar-refractivity contribution in [3.05, 3.63) is 11.6 Å². The molecule has 0 spiro atoms. The largest absolute Gasteiger partial charge is 0.412 e. The second kappa shape index (κ2) is 7.80. The van der Waals surface area contributed by atoms with Gasteiger partial charge in [-0.05, 0) is 32.6 Å². The zero-order valence-corrected chi connectivity index (χ0v) is 8.28. The maximum Gasteiger partial charge on any atom is -0.0346 e. The van der Waals surface area contributed by atoms with Gasteiger partial charge in [-0.2, -0.15) is 0 Å². The molecule has 0 saturated carbocycles. The highest BCUT2D eigenvalue weighted by atomic mass is 16.0. The van der Waals surface area contributed by atoms with E-state index in [1.54, 1.807) is 0 Å². The molecular formula is C10H22O. The second-order valence-corrected chi connectivity index (χ2v) is 3.37. The lowest BCUT2D eigenvalue weighted by molar-refractivity contribution is 0.521. The van der Waals surface area contributed by atoms with Gasteiger partial charge in [0, 0.05) is 0 Å². The van der Waals surface area contributed by atoms with Gasteiger partial charge in [0.15, 0.2) is 0 Å². The molecule has 0 radical (unpaired) electrons. The monoisotopic (exact) mass is 158 g/mol. The standard InChI is InChI=1S/C10H20.H2O/c1-5-10(4)8-6-7-9(2)3;/h7,10H,5-6,8H2,1-4H3;1H2. The van der Waals surface area contributed by atoms with Crippen LogP contribution in [0.2, 0.25) is 0 Å². The minimum atomic E-state index is 0. The van der Waals surface area contributed by atoms with Crippen LogP contribution in [0.4, 0.5) is 0 Å². The summed E-state index contributed by atoms with van der Waals surface area (Å²) < 4.78 is 0. The van der Waals surface area contributed by atoms with Crippen molar-refractivity contribution < 1.29 is 5.48 Å². The van der Waals surface area contributed by atoms with Gasteiger partial charge in [0.05, 0.1) is 0 Å². The molecule has 0 aromatic carbocycles. The summed E-state index contributed by atoms with van der Waals surface area (Å²) in [5.41, 5.74) is 1.45. The van der Waals surface area contributed by atoms with Crippen LogP contribution in [0.25, 0.3) is 0 Å². The summed E-state index contributed by atoms with van der Waals surface area (Å²) in [5, 5.41) is 0. The third-order valence-corrected chi connectivity index (χ3v) is 1.91. The van der Waals surface area contributed by atoms with Crippen molar-refractivity contribution in [1.82, 2.24) is 0 Å². The molecule has 0 aliphatic heterocycles. The topological polar surface area (TPSA) is 31.5 Å². The fourth-order valence-electron chi connectivity index (χ4n) is 0.861. The van der Waals surface area contributed by atoms with E-state index in [0.29, 0.717) is 0 Å². The highest BCUT2D eigenvalue weighted by Gasteiger charge is 1.94. The third kappa shape index (κ3) is 9.70. The van der Waals surface area contributed by atoms with E-state index in [-0.39, 0.29) is 5.48 Å². The van der Waals surface area contributed by atoms with Gasteiger partial charge in [0.25, 0.3) is 0 Å². The Bertz CT molecular complexity index is 101. The van der Waals surface area contributed by atoms with Crippen LogP contribution >= 0.6 is 0 Å². The first-order chi connectivity index (χ1) is 4.66. The van der Waals surface area contributed by atoms with Crippen molar-refractivity contribution in [2.75, 3.05) is 0 Å². The predicted octanol–water partition coefficient (Wildman–Crippen LogP) is 2.95. The highest BCUT2D eigenvalue weighted by Crippen LogP contribution is 2.10. The second-order valence-electron chi connectivity index (χ2n) is 3.37. The lowest BCUT2D eigenvalue weighted by Crippen LogP contribution is -1.89. The van der Waals surface area contributed by atoms with Gasteiger partial charge in [-0.3, -0.25) is 0 Å². The van der Waals surface area contributed by atoms with Crippen LogP contribution in [0.3, 0.4) is 0 Å². The molecule has 0 aliphatic carbocycles. The van der Waals surface area contributed by atoms with Crippen molar-refractivity contribution in [2.45, 2.75) is 47.0 Å². The van der Waals surface area contributed by atoms with Crippen molar-refractivity contribution in [1.29, 1.82) is 0 Å². The van der Waals surface area contributed by atoms with E-state index in [1.807, 2.05) is 0 Å². The molecule has 0 amide bonds. The molecule has 1 unspecified atom stereocenters. The molecule has 0 fully saturated rings. The summed E-state index contributed by atoms with van der Waals surface area (Å²) in [7, 11) is 0. The summed E-state index contributed by atoms with van der Waals surface area (Å²) >= 11 is 0. The van der Waals surface area contributed by atoms with E-state index in [4.69, 9.17) is 0 Å². The van der Waals surface area contributed by atoms with Gasteiger partial charge < -0.3 is 5.48 Å². The van der Waals surface area contributed by atoms with E-state index in [1.165, 1.54) is 24.8 Å². The molecule has 0 aromatic rings. The summed E-state index contributed by atoms with van der Waals surface area (Å²) in [4.78, 5) is 0. The molecule has 68 valence electrons. The van der Waals surface area contributed by atoms with Gasteiger partial charge in [0.2, 0.25) is 0 Å². The quantitative estimate of drug-likeness (QED) is 0.563. The molecule has 1 atom stereocenters. The lowest BCUT2D eigenvalue weighted by Gasteiger charge is -2.04. The Morgan fingerprint density at radius 2 is 1.91 bits per heavy atom. The maximum atomic E-state index is 2.33. The Hall–Kier alpha value is -0.300. The van der Waals surface area contributed by atoms with Gasteiger partial charge in [-0.1, -0.05) is 31.9 Å². The Balaban J connectivity index is 0. The van der Waals surface area contributed by atoms with Crippen LogP contribution in [-0.4, -0.2) is 5.48 Å². The molecule has 0 saturated heterocycles. The van der Waals surface area contributed by atoms with Crippen molar-refractivity contribution >= 4 is 0 Å². The molecule has 2 N–H and O–H groups in total. The first-order valence-corrected chi connectivity index (χ1v) is 4.30. The molecule has 0 aliphatic rings. The molecule has 0 aromatic heterocycles. The van der Waals surface area contributed by atoms with Crippen molar-refractivity contribution in [3.63, 3.8) is 0 Å². The Morgan fingerprint density at radius 3 is 2.27 bits per heavy atom. The maximum absolute atomic E-state index is 2.33. The zero-order chi connectivity index (χ0) is 7.98. The molecule has 0 rings (SSSR count). The summed E-state index contributed by atoms with van der Waals surface area (Å²) in [6.45, 7) is 8.90. The van der Waals surface area contributed by atoms with Crippen molar-refractivity contribution in [3.8, 4) is 0 Å². The van der Waals surface area contributed by atoms with E-state index < -0.39 is 0 Å². The molecule has 1 heteroatoms. The molecular weight excluding hydrogens is 136 g/mol. The average molecular weight is 158 g/mol. The average Bonchev–Trinajstić information content (AvgIpc) is 1.87. The summed E-state index contributed by atoms with van der Waals surface area (Å²) in [5.74, 6) is 0.899. The Kier molecular flexibility index (Phi) is 9.44. The first-order valence-electron chi connectivity index (χ1n) is 4.30. The third-order valence-electron chi connectivity index (χ3n) is 1.91. The van der Waals surface area contributed by atoms with Crippen LogP contribution < -0.4 is 0 Å². The zero-order valence-electron chi connectivity index (χ0n) is 8.28. The molecule has 1 nitrogen and oxygen atoms in total. The van der Waals surface area contributed by atoms with Crippen LogP contribution in [0.5, 0.6) is 0 Å². The minimum absolute atomic E-state index is 0. The van der Waals surface area contributed by atoms with Crippen LogP contribution in [0, 0.1) is 5.92 Å². The Morgan fingerprint density at radius 1 is 1.36 bits per heavy atom. The minimum Gasteiger partial charge on any atom is -0.412 e. The van der Waals surface area contributed by atoms with E-state index in [9.17, 15) is 0 Å². The van der Waals surface area contributed by atoms with Gasteiger partial charge in [-0.15, -0.1) is 0 Å². The molecule has 11 heavy (non-hydrogen) atoms. The van der Waals surface area contributed by atoms with E-state index in [2.05, 4.69) is 33.8 Å².